The van der Waals surface area contributed by atoms with E-state index in [0.717, 1.165) is 68.5 Å². The third-order valence-electron chi connectivity index (χ3n) is 14.1. The molecule has 422 valence electrons. The minimum atomic E-state index is -3.70. The number of thiazole rings is 2. The number of halogens is 2. The number of sulfonamides is 1. The monoisotopic (exact) mass is 1180 g/mol. The molecule has 28 heteroatoms. The van der Waals surface area contributed by atoms with Gasteiger partial charge in [0.15, 0.2) is 0 Å². The van der Waals surface area contributed by atoms with Crippen LogP contribution in [0.4, 0.5) is 5.95 Å². The second kappa shape index (κ2) is 26.4. The molecule has 0 saturated carbocycles. The summed E-state index contributed by atoms with van der Waals surface area (Å²) in [5.41, 5.74) is 0.556. The van der Waals surface area contributed by atoms with Gasteiger partial charge in [-0.3, -0.25) is 9.80 Å². The van der Waals surface area contributed by atoms with Gasteiger partial charge in [-0.1, -0.05) is 30.3 Å². The summed E-state index contributed by atoms with van der Waals surface area (Å²) in [5, 5.41) is 40.7. The average molecular weight is 1180 g/mol. The lowest BCUT2D eigenvalue weighted by Crippen LogP contribution is -2.61. The summed E-state index contributed by atoms with van der Waals surface area (Å²) in [6, 6.07) is 11.7. The van der Waals surface area contributed by atoms with Crippen molar-refractivity contribution in [2.24, 2.45) is 0 Å². The van der Waals surface area contributed by atoms with Gasteiger partial charge in [0.05, 0.1) is 74.6 Å². The van der Waals surface area contributed by atoms with Crippen LogP contribution in [0, 0.1) is 0 Å². The number of nitrogens with one attached hydrogen (secondary N) is 2. The van der Waals surface area contributed by atoms with Crippen LogP contribution in [-0.4, -0.2) is 203 Å². The number of aliphatic hydroxyl groups excluding tert-OH is 1. The van der Waals surface area contributed by atoms with Gasteiger partial charge in [-0.25, -0.2) is 46.7 Å². The zero-order chi connectivity index (χ0) is 55.0. The molecular formula is C49H68Cl2N12O10S4. The molecule has 0 aliphatic carbocycles. The van der Waals surface area contributed by atoms with Crippen LogP contribution >= 0.6 is 45.0 Å². The van der Waals surface area contributed by atoms with Crippen LogP contribution in [0.25, 0.3) is 0 Å². The Kier molecular flexibility index (Phi) is 20.4. The molecule has 6 fully saturated rings. The maximum Gasteiger partial charge on any atom is 0.288 e. The number of rotatable bonds is 13. The van der Waals surface area contributed by atoms with E-state index in [-0.39, 0.29) is 45.2 Å². The van der Waals surface area contributed by atoms with Crippen LogP contribution in [0.1, 0.15) is 57.2 Å². The Morgan fingerprint density at radius 1 is 0.766 bits per heavy atom. The molecule has 6 aliphatic rings. The topological polar surface area (TPSA) is 271 Å². The van der Waals surface area contributed by atoms with Gasteiger partial charge < -0.3 is 45.1 Å². The van der Waals surface area contributed by atoms with E-state index in [1.54, 1.807) is 50.8 Å². The van der Waals surface area contributed by atoms with Crippen molar-refractivity contribution in [2.45, 2.75) is 115 Å². The molecule has 1 aromatic carbocycles. The third kappa shape index (κ3) is 15.9. The van der Waals surface area contributed by atoms with E-state index in [4.69, 9.17) is 36.5 Å². The van der Waals surface area contributed by atoms with Crippen molar-refractivity contribution >= 4 is 70.0 Å². The van der Waals surface area contributed by atoms with Gasteiger partial charge in [0.2, 0.25) is 19.9 Å². The van der Waals surface area contributed by atoms with Crippen LogP contribution < -0.4 is 15.5 Å². The Morgan fingerprint density at radius 3 is 1.92 bits per heavy atom. The molecule has 77 heavy (non-hydrogen) atoms. The minimum absolute atomic E-state index is 0.0517. The number of aromatic nitrogens is 6. The van der Waals surface area contributed by atoms with E-state index in [1.165, 1.54) is 34.7 Å². The molecule has 0 radical (unpaired) electrons. The number of morpholine rings is 2. The fourth-order valence-electron chi connectivity index (χ4n) is 10.0. The second-order valence-electron chi connectivity index (χ2n) is 20.5. The first-order valence-corrected chi connectivity index (χ1v) is 31.2. The Bertz CT molecular complexity index is 2820. The van der Waals surface area contributed by atoms with Gasteiger partial charge in [0, 0.05) is 140 Å². The van der Waals surface area contributed by atoms with Gasteiger partial charge in [0.1, 0.15) is 0 Å². The summed E-state index contributed by atoms with van der Waals surface area (Å²) < 4.78 is 66.5. The molecule has 11 rings (SSSR count). The quantitative estimate of drug-likeness (QED) is 0.0838. The molecule has 5 aromatic rings. The number of benzene rings is 1. The lowest BCUT2D eigenvalue weighted by molar-refractivity contribution is -0.0522. The highest BCUT2D eigenvalue weighted by molar-refractivity contribution is 8.14. The number of nitrogens with zero attached hydrogens (tertiary/aromatic N) is 10. The van der Waals surface area contributed by atoms with Crippen molar-refractivity contribution in [1.29, 1.82) is 0 Å². The third-order valence-corrected chi connectivity index (χ3v) is 20.1. The van der Waals surface area contributed by atoms with Gasteiger partial charge >= 0.3 is 0 Å². The average Bonchev–Trinajstić information content (AvgIpc) is 4.25. The van der Waals surface area contributed by atoms with E-state index in [0.29, 0.717) is 80.6 Å². The maximum absolute atomic E-state index is 13.2. The number of hydrogen-bond donors (Lipinski definition) is 5. The zero-order valence-corrected chi connectivity index (χ0v) is 48.1. The van der Waals surface area contributed by atoms with Crippen molar-refractivity contribution < 1.29 is 46.4 Å². The fraction of sp³-hybridized carbons (Fsp3) is 0.592. The van der Waals surface area contributed by atoms with Crippen molar-refractivity contribution in [2.75, 3.05) is 83.7 Å². The Hall–Kier alpha value is -3.52. The largest absolute Gasteiger partial charge is 0.391 e. The summed E-state index contributed by atoms with van der Waals surface area (Å²) in [4.78, 5) is 30.9. The molecule has 6 aliphatic heterocycles. The maximum atomic E-state index is 13.2. The molecule has 6 unspecified atom stereocenters. The van der Waals surface area contributed by atoms with Crippen LogP contribution in [0.5, 0.6) is 0 Å². The van der Waals surface area contributed by atoms with E-state index in [2.05, 4.69) is 74.6 Å². The Labute approximate surface area is 467 Å². The molecule has 5 N–H and O–H groups in total. The molecule has 10 heterocycles. The van der Waals surface area contributed by atoms with Crippen LogP contribution in [0.2, 0.25) is 5.28 Å². The van der Waals surface area contributed by atoms with Crippen LogP contribution in [0.3, 0.4) is 0 Å². The van der Waals surface area contributed by atoms with Crippen LogP contribution in [-0.2, 0) is 51.1 Å². The summed E-state index contributed by atoms with van der Waals surface area (Å²) in [6.07, 6.45) is 10.7. The molecule has 22 nitrogen and oxygen atoms in total. The number of piperazine rings is 2. The molecular weight excluding hydrogens is 1120 g/mol. The normalized spacial score (nSPS) is 26.2. The highest BCUT2D eigenvalue weighted by atomic mass is 35.7. The number of fused-ring (bicyclic) bond motifs is 4. The van der Waals surface area contributed by atoms with Crippen molar-refractivity contribution in [3.05, 3.63) is 100 Å². The Balaban J connectivity index is 0.000000155. The van der Waals surface area contributed by atoms with Crippen LogP contribution in [0.15, 0.2) is 87.0 Å². The summed E-state index contributed by atoms with van der Waals surface area (Å²) in [7, 11) is -2.36. The van der Waals surface area contributed by atoms with E-state index in [1.807, 2.05) is 11.0 Å². The lowest BCUT2D eigenvalue weighted by atomic mass is 10.0. The smallest absolute Gasteiger partial charge is 0.288 e. The summed E-state index contributed by atoms with van der Waals surface area (Å²) in [6.45, 7) is 15.9. The van der Waals surface area contributed by atoms with Gasteiger partial charge in [-0.2, -0.15) is 4.31 Å². The highest BCUT2D eigenvalue weighted by Gasteiger charge is 2.48. The lowest BCUT2D eigenvalue weighted by Gasteiger charge is -2.44. The highest BCUT2D eigenvalue weighted by Crippen LogP contribution is 2.34. The minimum Gasteiger partial charge on any atom is -0.391 e. The number of hydrogen-bond acceptors (Lipinski definition) is 23. The van der Waals surface area contributed by atoms with Gasteiger partial charge in [-0.15, -0.1) is 22.7 Å². The number of ether oxygens (including phenoxy) is 3. The molecule has 6 saturated heterocycles. The summed E-state index contributed by atoms with van der Waals surface area (Å²) >= 11 is 7.57. The first-order valence-electron chi connectivity index (χ1n) is 25.4. The van der Waals surface area contributed by atoms with Gasteiger partial charge in [-0.05, 0) is 57.7 Å². The predicted octanol–water partition coefficient (Wildman–Crippen LogP) is 2.91. The molecule has 4 bridgehead atoms. The van der Waals surface area contributed by atoms with E-state index in [9.17, 15) is 32.2 Å². The molecule has 8 atom stereocenters. The molecule has 0 amide bonds. The second-order valence-corrected chi connectivity index (χ2v) is 27.5. The molecule has 0 spiro atoms. The van der Waals surface area contributed by atoms with Crippen molar-refractivity contribution in [3.8, 4) is 0 Å². The first-order chi connectivity index (χ1) is 36.6. The first kappa shape index (κ1) is 59.6. The predicted molar refractivity (Wildman–Crippen MR) is 292 cm³/mol. The number of anilines is 1. The zero-order valence-electron chi connectivity index (χ0n) is 43.3. The molecule has 4 aromatic heterocycles. The SMILES string of the molecule is CC(C)(O)c1cnc(Cl)nc1.CC(C)(O)c1cnc(N2CCN(S(=O)(=O)c3nccs3)C[C@@H]2CN2C3COCC2C(O)C3)nc1.O=S(=O)(Cl)c1nccs1.c1ccc(COC2CC3COCC2N3C[C@H]2CNCCN2)cc1. The van der Waals surface area contributed by atoms with Gasteiger partial charge in [0.25, 0.3) is 19.1 Å². The number of aliphatic hydroxyl groups is 3. The standard InChI is InChI=1S/C21H30N6O5S2.C18H27N3O2.C7H9ClN2O.C3H2ClNO2S2/c1-21(2,29)14-8-23-19(24-9-14)26-5-4-25(34(30,31)20-22-3-6-33-20)10-16(26)11-27-15-7-18(28)17(27)13-32-12-15;1-2-4-14(5-3-1)11-23-18-8-16-12-22-13-17(18)21(16)10-15-9-19-6-7-20-15;1-7(2,11)5-3-9-6(8)10-4-5;4-9(6,7)3-5-1-2-8-3/h3,6,8-9,15-18,28-29H,4-5,7,10-13H2,1-2H3;1-5,15-20H,6-13H2;3-4,11H,1-2H3;1-2H/t15?,16-,17?,18?;15-,16?,17?,18?;;/m11../s1. The fourth-order valence-corrected chi connectivity index (χ4v) is 14.2. The van der Waals surface area contributed by atoms with Crippen molar-refractivity contribution in [3.63, 3.8) is 0 Å². The Morgan fingerprint density at radius 2 is 1.36 bits per heavy atom. The van der Waals surface area contributed by atoms with E-state index < -0.39 is 36.4 Å². The van der Waals surface area contributed by atoms with Crippen molar-refractivity contribution in [1.82, 2.24) is 54.6 Å². The summed E-state index contributed by atoms with van der Waals surface area (Å²) in [5.74, 6) is 0.491. The van der Waals surface area contributed by atoms with E-state index >= 15 is 0 Å².